The molecular formula is C19H20ClN5OS. The third-order valence-electron chi connectivity index (χ3n) is 4.09. The van der Waals surface area contributed by atoms with Crippen molar-refractivity contribution in [3.05, 3.63) is 57.6 Å². The second kappa shape index (κ2) is 8.47. The lowest BCUT2D eigenvalue weighted by atomic mass is 10.1. The topological polar surface area (TPSA) is 93.9 Å². The van der Waals surface area contributed by atoms with E-state index in [0.717, 1.165) is 39.6 Å². The number of thiophene rings is 1. The molecule has 0 amide bonds. The number of halogens is 1. The zero-order valence-corrected chi connectivity index (χ0v) is 16.6. The summed E-state index contributed by atoms with van der Waals surface area (Å²) >= 11 is 7.51. The summed E-state index contributed by atoms with van der Waals surface area (Å²) < 4.78 is 0.707. The summed E-state index contributed by atoms with van der Waals surface area (Å²) in [4.78, 5) is 10.3. The van der Waals surface area contributed by atoms with E-state index in [1.54, 1.807) is 0 Å². The van der Waals surface area contributed by atoms with E-state index < -0.39 is 0 Å². The minimum atomic E-state index is 0.0506. The number of hydrogen-bond acceptors (Lipinski definition) is 6. The van der Waals surface area contributed by atoms with Crippen LogP contribution in [0, 0.1) is 12.3 Å². The van der Waals surface area contributed by atoms with Crippen LogP contribution in [0.15, 0.2) is 36.4 Å². The highest BCUT2D eigenvalue weighted by molar-refractivity contribution is 7.19. The molecule has 0 fully saturated rings. The minimum Gasteiger partial charge on any atom is -0.340 e. The van der Waals surface area contributed by atoms with Crippen LogP contribution >= 0.6 is 22.9 Å². The van der Waals surface area contributed by atoms with Crippen molar-refractivity contribution < 1.29 is 5.21 Å². The van der Waals surface area contributed by atoms with Gasteiger partial charge in [0.15, 0.2) is 5.82 Å². The smallest absolute Gasteiger partial charge is 0.171 e. The van der Waals surface area contributed by atoms with Crippen LogP contribution in [0.3, 0.4) is 0 Å². The Hall–Kier alpha value is -2.48. The third-order valence-corrected chi connectivity index (χ3v) is 5.32. The third kappa shape index (κ3) is 4.63. The van der Waals surface area contributed by atoms with E-state index in [1.165, 1.54) is 11.3 Å². The van der Waals surface area contributed by atoms with Crippen molar-refractivity contribution in [3.63, 3.8) is 0 Å². The summed E-state index contributed by atoms with van der Waals surface area (Å²) in [5.74, 6) is 1.49. The fraction of sp³-hybridized carbons (Fsp3) is 0.211. The number of aromatic nitrogens is 2. The van der Waals surface area contributed by atoms with Crippen molar-refractivity contribution in [2.45, 2.75) is 26.7 Å². The summed E-state index contributed by atoms with van der Waals surface area (Å²) in [6.45, 7) is 4.07. The number of nitrogens with zero attached hydrogens (tertiary/aromatic N) is 2. The van der Waals surface area contributed by atoms with Gasteiger partial charge in [0.2, 0.25) is 0 Å². The van der Waals surface area contributed by atoms with Crippen molar-refractivity contribution in [1.29, 1.82) is 5.41 Å². The number of rotatable bonds is 6. The fourth-order valence-corrected chi connectivity index (χ4v) is 3.73. The molecule has 8 heteroatoms. The molecule has 0 unspecified atom stereocenters. The number of amidine groups is 1. The van der Waals surface area contributed by atoms with Crippen LogP contribution in [0.25, 0.3) is 10.7 Å². The summed E-state index contributed by atoms with van der Waals surface area (Å²) in [6.07, 6.45) is 1.16. The molecule has 1 aromatic carbocycles. The Bertz CT molecular complexity index is 955. The van der Waals surface area contributed by atoms with Crippen molar-refractivity contribution in [2.24, 2.45) is 0 Å². The highest BCUT2D eigenvalue weighted by Crippen LogP contribution is 2.31. The zero-order chi connectivity index (χ0) is 19.4. The van der Waals surface area contributed by atoms with E-state index in [1.807, 2.05) is 48.8 Å². The predicted molar refractivity (Wildman–Crippen MR) is 111 cm³/mol. The molecule has 2 heterocycles. The summed E-state index contributed by atoms with van der Waals surface area (Å²) in [6, 6.07) is 11.5. The van der Waals surface area contributed by atoms with E-state index in [0.29, 0.717) is 16.6 Å². The Morgan fingerprint density at radius 1 is 1.19 bits per heavy atom. The SMILES string of the molecule is CCc1c(C)nc(-c2ccc(Cl)s2)nc1Nc1ccc(CC(=N)NO)cc1. The van der Waals surface area contributed by atoms with E-state index >= 15 is 0 Å². The molecule has 0 aliphatic rings. The maximum atomic E-state index is 8.74. The molecule has 0 radical (unpaired) electrons. The van der Waals surface area contributed by atoms with Crippen molar-refractivity contribution >= 4 is 40.3 Å². The number of nitrogens with one attached hydrogen (secondary N) is 3. The number of benzene rings is 1. The van der Waals surface area contributed by atoms with Gasteiger partial charge in [-0.3, -0.25) is 16.1 Å². The summed E-state index contributed by atoms with van der Waals surface area (Å²) in [7, 11) is 0. The predicted octanol–water partition coefficient (Wildman–Crippen LogP) is 4.97. The van der Waals surface area contributed by atoms with Gasteiger partial charge in [0, 0.05) is 23.4 Å². The molecule has 0 saturated heterocycles. The molecular weight excluding hydrogens is 382 g/mol. The second-order valence-corrected chi connectivity index (χ2v) is 7.72. The largest absolute Gasteiger partial charge is 0.340 e. The fourth-order valence-electron chi connectivity index (χ4n) is 2.75. The molecule has 3 rings (SSSR count). The second-order valence-electron chi connectivity index (χ2n) is 6.01. The molecule has 0 atom stereocenters. The van der Waals surface area contributed by atoms with E-state index in [9.17, 15) is 0 Å². The van der Waals surface area contributed by atoms with Gasteiger partial charge in [0.1, 0.15) is 11.7 Å². The Morgan fingerprint density at radius 3 is 2.52 bits per heavy atom. The summed E-state index contributed by atoms with van der Waals surface area (Å²) in [5, 5.41) is 19.6. The van der Waals surface area contributed by atoms with Gasteiger partial charge in [-0.2, -0.15) is 0 Å². The lowest BCUT2D eigenvalue weighted by Crippen LogP contribution is -2.19. The standard InChI is InChI=1S/C19H20ClN5OS/c1-3-14-11(2)22-19(15-8-9-16(20)27-15)24-18(14)23-13-6-4-12(5-7-13)10-17(21)25-26/h4-9,26H,3,10H2,1-2H3,(H2,21,25)(H,22,23,24). The lowest BCUT2D eigenvalue weighted by Gasteiger charge is -2.14. The first-order chi connectivity index (χ1) is 13.0. The van der Waals surface area contributed by atoms with Gasteiger partial charge >= 0.3 is 0 Å². The molecule has 0 spiro atoms. The highest BCUT2D eigenvalue weighted by atomic mass is 35.5. The molecule has 140 valence electrons. The molecule has 0 saturated carbocycles. The van der Waals surface area contributed by atoms with Gasteiger partial charge in [-0.25, -0.2) is 9.97 Å². The molecule has 6 nitrogen and oxygen atoms in total. The van der Waals surface area contributed by atoms with Crippen LogP contribution in [-0.2, 0) is 12.8 Å². The van der Waals surface area contributed by atoms with Gasteiger partial charge in [-0.05, 0) is 43.2 Å². The van der Waals surface area contributed by atoms with Gasteiger partial charge in [0.05, 0.1) is 9.21 Å². The molecule has 0 aliphatic carbocycles. The highest BCUT2D eigenvalue weighted by Gasteiger charge is 2.13. The number of anilines is 2. The minimum absolute atomic E-state index is 0.0506. The Labute approximate surface area is 166 Å². The first kappa shape index (κ1) is 19.3. The normalized spacial score (nSPS) is 10.7. The van der Waals surface area contributed by atoms with Gasteiger partial charge in [0.25, 0.3) is 0 Å². The lowest BCUT2D eigenvalue weighted by molar-refractivity contribution is 0.231. The maximum Gasteiger partial charge on any atom is 0.171 e. The van der Waals surface area contributed by atoms with Gasteiger partial charge in [-0.15, -0.1) is 11.3 Å². The Kier molecular flexibility index (Phi) is 6.05. The van der Waals surface area contributed by atoms with E-state index in [4.69, 9.17) is 27.2 Å². The average Bonchev–Trinajstić information content (AvgIpc) is 3.09. The van der Waals surface area contributed by atoms with E-state index in [2.05, 4.69) is 17.2 Å². The quantitative estimate of drug-likeness (QED) is 0.266. The van der Waals surface area contributed by atoms with E-state index in [-0.39, 0.29) is 5.84 Å². The monoisotopic (exact) mass is 401 g/mol. The first-order valence-corrected chi connectivity index (χ1v) is 9.66. The first-order valence-electron chi connectivity index (χ1n) is 8.47. The van der Waals surface area contributed by atoms with Crippen molar-refractivity contribution in [1.82, 2.24) is 15.4 Å². The van der Waals surface area contributed by atoms with Crippen LogP contribution in [0.4, 0.5) is 11.5 Å². The van der Waals surface area contributed by atoms with Crippen LogP contribution in [0.5, 0.6) is 0 Å². The number of aryl methyl sites for hydroxylation is 1. The Morgan fingerprint density at radius 2 is 1.93 bits per heavy atom. The Balaban J connectivity index is 1.89. The van der Waals surface area contributed by atoms with Crippen LogP contribution < -0.4 is 10.8 Å². The molecule has 3 aromatic rings. The molecule has 2 aromatic heterocycles. The van der Waals surface area contributed by atoms with Crippen molar-refractivity contribution in [3.8, 4) is 10.7 Å². The van der Waals surface area contributed by atoms with Crippen LogP contribution in [0.2, 0.25) is 4.34 Å². The number of hydroxylamine groups is 1. The molecule has 0 bridgehead atoms. The molecule has 4 N–H and O–H groups in total. The van der Waals surface area contributed by atoms with Crippen LogP contribution in [-0.4, -0.2) is 21.0 Å². The van der Waals surface area contributed by atoms with Gasteiger partial charge < -0.3 is 5.32 Å². The average molecular weight is 402 g/mol. The molecule has 27 heavy (non-hydrogen) atoms. The molecule has 0 aliphatic heterocycles. The summed E-state index contributed by atoms with van der Waals surface area (Å²) in [5.41, 5.74) is 5.68. The van der Waals surface area contributed by atoms with Crippen molar-refractivity contribution in [2.75, 3.05) is 5.32 Å². The van der Waals surface area contributed by atoms with Crippen LogP contribution in [0.1, 0.15) is 23.7 Å². The zero-order valence-electron chi connectivity index (χ0n) is 15.0. The number of hydrogen-bond donors (Lipinski definition) is 4. The van der Waals surface area contributed by atoms with Gasteiger partial charge in [-0.1, -0.05) is 30.7 Å². The maximum absolute atomic E-state index is 8.74.